The summed E-state index contributed by atoms with van der Waals surface area (Å²) >= 11 is 0. The largest absolute Gasteiger partial charge is 0.478 e. The maximum Gasteiger partial charge on any atom is 0.335 e. The molecular weight excluding hydrogens is 282 g/mol. The first-order valence-electron chi connectivity index (χ1n) is 5.70. The number of amides is 3. The SMILES string of the molecule is CNC(=O)CNC(=O)Nc1cc(C(=O)O)cc(C(=O)O)c1. The van der Waals surface area contributed by atoms with Gasteiger partial charge in [0.15, 0.2) is 0 Å². The van der Waals surface area contributed by atoms with E-state index in [0.29, 0.717) is 0 Å². The Morgan fingerprint density at radius 1 is 1.00 bits per heavy atom. The fraction of sp³-hybridized carbons (Fsp3) is 0.167. The highest BCUT2D eigenvalue weighted by atomic mass is 16.4. The van der Waals surface area contributed by atoms with E-state index in [4.69, 9.17) is 10.2 Å². The number of carboxylic acids is 2. The van der Waals surface area contributed by atoms with Gasteiger partial charge in [0, 0.05) is 12.7 Å². The second-order valence-corrected chi connectivity index (χ2v) is 3.89. The highest BCUT2D eigenvalue weighted by Gasteiger charge is 2.13. The third-order valence-electron chi connectivity index (χ3n) is 2.37. The molecular formula is C12H13N3O6. The Balaban J connectivity index is 2.87. The Morgan fingerprint density at radius 3 is 1.95 bits per heavy atom. The van der Waals surface area contributed by atoms with Crippen LogP contribution in [-0.2, 0) is 4.79 Å². The molecule has 3 amide bonds. The summed E-state index contributed by atoms with van der Waals surface area (Å²) in [6, 6.07) is 2.42. The minimum Gasteiger partial charge on any atom is -0.478 e. The molecule has 0 fully saturated rings. The molecule has 0 saturated heterocycles. The van der Waals surface area contributed by atoms with E-state index in [0.717, 1.165) is 18.2 Å². The fourth-order valence-corrected chi connectivity index (χ4v) is 1.37. The number of nitrogens with one attached hydrogen (secondary N) is 3. The number of hydrogen-bond acceptors (Lipinski definition) is 4. The van der Waals surface area contributed by atoms with Gasteiger partial charge in [0.2, 0.25) is 5.91 Å². The molecule has 1 aromatic rings. The third-order valence-corrected chi connectivity index (χ3v) is 2.37. The molecule has 0 aliphatic heterocycles. The first-order valence-corrected chi connectivity index (χ1v) is 5.70. The Bertz CT molecular complexity index is 566. The molecule has 0 spiro atoms. The Morgan fingerprint density at radius 2 is 1.52 bits per heavy atom. The highest BCUT2D eigenvalue weighted by molar-refractivity contribution is 5.98. The minimum absolute atomic E-state index is 0.0123. The van der Waals surface area contributed by atoms with Gasteiger partial charge in [0.25, 0.3) is 0 Å². The van der Waals surface area contributed by atoms with E-state index >= 15 is 0 Å². The highest BCUT2D eigenvalue weighted by Crippen LogP contribution is 2.15. The number of urea groups is 1. The number of hydrogen-bond donors (Lipinski definition) is 5. The van der Waals surface area contributed by atoms with Crippen LogP contribution in [0.25, 0.3) is 0 Å². The number of anilines is 1. The van der Waals surface area contributed by atoms with Crippen LogP contribution in [0, 0.1) is 0 Å². The standard InChI is InChI=1S/C12H13N3O6/c1-13-9(16)5-14-12(21)15-8-3-6(10(17)18)2-7(4-8)11(19)20/h2-4H,5H2,1H3,(H,13,16)(H,17,18)(H,19,20)(H2,14,15,21). The maximum absolute atomic E-state index is 11.5. The molecule has 1 rings (SSSR count). The molecule has 5 N–H and O–H groups in total. The smallest absolute Gasteiger partial charge is 0.335 e. The van der Waals surface area contributed by atoms with E-state index in [2.05, 4.69) is 16.0 Å². The predicted molar refractivity (Wildman–Crippen MR) is 71.4 cm³/mol. The van der Waals surface area contributed by atoms with Gasteiger partial charge in [-0.05, 0) is 18.2 Å². The van der Waals surface area contributed by atoms with E-state index in [1.54, 1.807) is 0 Å². The molecule has 0 aromatic heterocycles. The second-order valence-electron chi connectivity index (χ2n) is 3.89. The number of carbonyl (C=O) groups excluding carboxylic acids is 2. The van der Waals surface area contributed by atoms with Crippen molar-refractivity contribution in [2.45, 2.75) is 0 Å². The van der Waals surface area contributed by atoms with Crippen LogP contribution in [0.5, 0.6) is 0 Å². The van der Waals surface area contributed by atoms with Crippen molar-refractivity contribution in [2.24, 2.45) is 0 Å². The van der Waals surface area contributed by atoms with Crippen LogP contribution in [0.3, 0.4) is 0 Å². The normalized spacial score (nSPS) is 9.57. The minimum atomic E-state index is -1.33. The third kappa shape index (κ3) is 4.82. The molecule has 21 heavy (non-hydrogen) atoms. The predicted octanol–water partition coefficient (Wildman–Crippen LogP) is -0.0495. The van der Waals surface area contributed by atoms with Gasteiger partial charge in [0.05, 0.1) is 17.7 Å². The van der Waals surface area contributed by atoms with Crippen molar-refractivity contribution in [3.8, 4) is 0 Å². The van der Waals surface area contributed by atoms with Gasteiger partial charge in [0.1, 0.15) is 0 Å². The monoisotopic (exact) mass is 295 g/mol. The summed E-state index contributed by atoms with van der Waals surface area (Å²) in [6.07, 6.45) is 0. The van der Waals surface area contributed by atoms with Gasteiger partial charge in [-0.3, -0.25) is 4.79 Å². The number of carboxylic acid groups (broad SMARTS) is 2. The number of aromatic carboxylic acids is 2. The van der Waals surface area contributed by atoms with Crippen molar-refractivity contribution in [3.05, 3.63) is 29.3 Å². The van der Waals surface area contributed by atoms with E-state index < -0.39 is 23.9 Å². The van der Waals surface area contributed by atoms with Gasteiger partial charge < -0.3 is 26.2 Å². The van der Waals surface area contributed by atoms with E-state index in [-0.39, 0.29) is 23.4 Å². The molecule has 0 radical (unpaired) electrons. The van der Waals surface area contributed by atoms with Crippen LogP contribution in [0.15, 0.2) is 18.2 Å². The van der Waals surface area contributed by atoms with Crippen LogP contribution >= 0.6 is 0 Å². The van der Waals surface area contributed by atoms with Crippen molar-refractivity contribution in [1.82, 2.24) is 10.6 Å². The van der Waals surface area contributed by atoms with Crippen LogP contribution in [0.4, 0.5) is 10.5 Å². The first-order chi connectivity index (χ1) is 9.83. The van der Waals surface area contributed by atoms with Gasteiger partial charge >= 0.3 is 18.0 Å². The zero-order chi connectivity index (χ0) is 16.0. The Labute approximate surface area is 119 Å². The molecule has 9 heteroatoms. The van der Waals surface area contributed by atoms with Crippen molar-refractivity contribution in [1.29, 1.82) is 0 Å². The number of rotatable bonds is 5. The summed E-state index contributed by atoms with van der Waals surface area (Å²) in [7, 11) is 1.40. The summed E-state index contributed by atoms with van der Waals surface area (Å²) < 4.78 is 0. The number of benzene rings is 1. The summed E-state index contributed by atoms with van der Waals surface area (Å²) in [5.41, 5.74) is -0.574. The lowest BCUT2D eigenvalue weighted by Crippen LogP contribution is -2.37. The zero-order valence-electron chi connectivity index (χ0n) is 11.0. The van der Waals surface area contributed by atoms with Crippen LogP contribution < -0.4 is 16.0 Å². The summed E-state index contributed by atoms with van der Waals surface area (Å²) in [5.74, 6) is -3.07. The Hall–Kier alpha value is -3.10. The molecule has 0 heterocycles. The molecule has 112 valence electrons. The molecule has 0 unspecified atom stereocenters. The van der Waals surface area contributed by atoms with Gasteiger partial charge in [-0.2, -0.15) is 0 Å². The molecule has 9 nitrogen and oxygen atoms in total. The van der Waals surface area contributed by atoms with Crippen LogP contribution in [0.2, 0.25) is 0 Å². The molecule has 0 aliphatic carbocycles. The Kier molecular flexibility index (Phi) is 5.24. The molecule has 1 aromatic carbocycles. The van der Waals surface area contributed by atoms with Crippen molar-refractivity contribution >= 4 is 29.6 Å². The van der Waals surface area contributed by atoms with Crippen molar-refractivity contribution < 1.29 is 29.4 Å². The molecule has 0 saturated carbocycles. The molecule has 0 atom stereocenters. The quantitative estimate of drug-likeness (QED) is 0.515. The number of likely N-dealkylation sites (N-methyl/N-ethyl adjacent to an activating group) is 1. The van der Waals surface area contributed by atoms with E-state index in [1.807, 2.05) is 0 Å². The van der Waals surface area contributed by atoms with Gasteiger partial charge in [-0.1, -0.05) is 0 Å². The zero-order valence-corrected chi connectivity index (χ0v) is 11.0. The maximum atomic E-state index is 11.5. The topological polar surface area (TPSA) is 145 Å². The summed E-state index contributed by atoms with van der Waals surface area (Å²) in [5, 5.41) is 24.5. The van der Waals surface area contributed by atoms with Gasteiger partial charge in [-0.25, -0.2) is 14.4 Å². The van der Waals surface area contributed by atoms with Gasteiger partial charge in [-0.15, -0.1) is 0 Å². The summed E-state index contributed by atoms with van der Waals surface area (Å²) in [6.45, 7) is -0.271. The van der Waals surface area contributed by atoms with Crippen molar-refractivity contribution in [2.75, 3.05) is 18.9 Å². The second kappa shape index (κ2) is 6.89. The van der Waals surface area contributed by atoms with Crippen molar-refractivity contribution in [3.63, 3.8) is 0 Å². The lowest BCUT2D eigenvalue weighted by Gasteiger charge is -2.09. The van der Waals surface area contributed by atoms with E-state index in [9.17, 15) is 19.2 Å². The first kappa shape index (κ1) is 16.0. The lowest BCUT2D eigenvalue weighted by atomic mass is 10.1. The fourth-order valence-electron chi connectivity index (χ4n) is 1.37. The van der Waals surface area contributed by atoms with Crippen LogP contribution in [0.1, 0.15) is 20.7 Å². The number of carbonyl (C=O) groups is 4. The average Bonchev–Trinajstić information content (AvgIpc) is 2.44. The lowest BCUT2D eigenvalue weighted by molar-refractivity contribution is -0.119. The molecule has 0 aliphatic rings. The molecule has 0 bridgehead atoms. The summed E-state index contributed by atoms with van der Waals surface area (Å²) in [4.78, 5) is 44.2. The average molecular weight is 295 g/mol. The van der Waals surface area contributed by atoms with E-state index in [1.165, 1.54) is 7.05 Å². The van der Waals surface area contributed by atoms with Crippen LogP contribution in [-0.4, -0.2) is 47.7 Å².